The van der Waals surface area contributed by atoms with Crippen LogP contribution in [0.5, 0.6) is 0 Å². The van der Waals surface area contributed by atoms with Gasteiger partial charge in [-0.1, -0.05) is 0 Å². The number of rotatable bonds is 5. The molecule has 2 atom stereocenters. The first-order valence-electron chi connectivity index (χ1n) is 7.50. The maximum Gasteiger partial charge on any atom is 0.426 e. The number of alkyl halides is 6. The highest BCUT2D eigenvalue weighted by atomic mass is 19.4. The first-order valence-corrected chi connectivity index (χ1v) is 7.50. The normalized spacial score (nSPS) is 30.0. The molecule has 9 heteroatoms. The van der Waals surface area contributed by atoms with Crippen LogP contribution in [0.15, 0.2) is 0 Å². The third kappa shape index (κ3) is 3.19. The van der Waals surface area contributed by atoms with Crippen LogP contribution in [-0.4, -0.2) is 61.3 Å². The molecule has 0 bridgehead atoms. The Morgan fingerprint density at radius 3 is 2.22 bits per heavy atom. The third-order valence-electron chi connectivity index (χ3n) is 5.09. The van der Waals surface area contributed by atoms with Crippen molar-refractivity contribution < 1.29 is 35.8 Å². The van der Waals surface area contributed by atoms with Gasteiger partial charge in [-0.2, -0.15) is 26.3 Å². The summed E-state index contributed by atoms with van der Waals surface area (Å²) in [6.07, 6.45) is -8.13. The summed E-state index contributed by atoms with van der Waals surface area (Å²) in [6, 6.07) is -0.448. The molecule has 0 radical (unpaired) electrons. The maximum atomic E-state index is 12.9. The average Bonchev–Trinajstić information content (AvgIpc) is 2.92. The van der Waals surface area contributed by atoms with Crippen LogP contribution in [-0.2, 0) is 9.47 Å². The molecule has 2 saturated heterocycles. The Morgan fingerprint density at radius 1 is 1.09 bits per heavy atom. The van der Waals surface area contributed by atoms with Gasteiger partial charge in [0.2, 0.25) is 0 Å². The Morgan fingerprint density at radius 2 is 1.70 bits per heavy atom. The molecule has 0 aromatic heterocycles. The van der Waals surface area contributed by atoms with Crippen LogP contribution in [0.4, 0.5) is 26.3 Å². The Bertz CT molecular complexity index is 410. The molecule has 0 aliphatic carbocycles. The molecule has 0 amide bonds. The zero-order valence-corrected chi connectivity index (χ0v) is 13.1. The van der Waals surface area contributed by atoms with Crippen molar-refractivity contribution in [2.75, 3.05) is 26.9 Å². The molecule has 0 spiro atoms. The predicted octanol–water partition coefficient (Wildman–Crippen LogP) is 3.53. The maximum absolute atomic E-state index is 12.9. The number of hydrogen-bond acceptors (Lipinski definition) is 3. The lowest BCUT2D eigenvalue weighted by molar-refractivity contribution is -0.375. The molecule has 2 heterocycles. The smallest absolute Gasteiger partial charge is 0.383 e. The quantitative estimate of drug-likeness (QED) is 0.709. The Balaban J connectivity index is 2.08. The first kappa shape index (κ1) is 18.8. The monoisotopic (exact) mass is 349 g/mol. The van der Waals surface area contributed by atoms with Crippen molar-refractivity contribution in [3.05, 3.63) is 0 Å². The number of halogens is 6. The summed E-state index contributed by atoms with van der Waals surface area (Å²) in [5.41, 5.74) is -4.41. The predicted molar refractivity (Wildman–Crippen MR) is 70.0 cm³/mol. The lowest BCUT2D eigenvalue weighted by Gasteiger charge is -2.37. The van der Waals surface area contributed by atoms with Crippen molar-refractivity contribution >= 4 is 0 Å². The standard InChI is InChI=1S/C14H21F6NO2/c1-11(13(15,16)17,14(18,19)20)23-8-10-4-6-12(9-22-2)5-3-7-21(10)12/h10H,3-9H2,1-2H3/t10-,12-/m0/s1. The van der Waals surface area contributed by atoms with Crippen LogP contribution < -0.4 is 0 Å². The second-order valence-corrected chi connectivity index (χ2v) is 6.49. The van der Waals surface area contributed by atoms with E-state index in [0.29, 0.717) is 26.0 Å². The minimum Gasteiger partial charge on any atom is -0.383 e. The van der Waals surface area contributed by atoms with E-state index in [-0.39, 0.29) is 12.5 Å². The molecular formula is C14H21F6NO2. The SMILES string of the molecule is COC[C@@]12CCCN1[C@H](COC(C)(C(F)(F)F)C(F)(F)F)CC2. The molecule has 2 rings (SSSR count). The Hall–Kier alpha value is -0.540. The van der Waals surface area contributed by atoms with Crippen LogP contribution >= 0.6 is 0 Å². The van der Waals surface area contributed by atoms with Crippen LogP contribution in [0.1, 0.15) is 32.6 Å². The summed E-state index contributed by atoms with van der Waals surface area (Å²) in [4.78, 5) is 1.96. The van der Waals surface area contributed by atoms with Gasteiger partial charge in [0.1, 0.15) is 0 Å². The van der Waals surface area contributed by atoms with Gasteiger partial charge in [-0.3, -0.25) is 4.90 Å². The molecule has 2 fully saturated rings. The minimum absolute atomic E-state index is 0.0499. The molecular weight excluding hydrogens is 328 g/mol. The van der Waals surface area contributed by atoms with E-state index in [1.54, 1.807) is 7.11 Å². The number of methoxy groups -OCH3 is 1. The molecule has 23 heavy (non-hydrogen) atoms. The van der Waals surface area contributed by atoms with E-state index in [4.69, 9.17) is 4.74 Å². The van der Waals surface area contributed by atoms with Crippen LogP contribution in [0.2, 0.25) is 0 Å². The number of fused-ring (bicyclic) bond motifs is 1. The fraction of sp³-hybridized carbons (Fsp3) is 1.00. The zero-order valence-electron chi connectivity index (χ0n) is 13.1. The van der Waals surface area contributed by atoms with E-state index >= 15 is 0 Å². The minimum atomic E-state index is -5.52. The molecule has 0 N–H and O–H groups in total. The summed E-state index contributed by atoms with van der Waals surface area (Å²) in [7, 11) is 1.54. The lowest BCUT2D eigenvalue weighted by atomic mass is 9.95. The highest BCUT2D eigenvalue weighted by Gasteiger charge is 2.69. The second kappa shape index (κ2) is 6.07. The van der Waals surface area contributed by atoms with Gasteiger partial charge < -0.3 is 9.47 Å². The van der Waals surface area contributed by atoms with E-state index in [1.165, 1.54) is 0 Å². The van der Waals surface area contributed by atoms with Crippen molar-refractivity contribution in [2.45, 2.75) is 62.1 Å². The van der Waals surface area contributed by atoms with Crippen molar-refractivity contribution in [1.29, 1.82) is 0 Å². The molecule has 2 aliphatic rings. The van der Waals surface area contributed by atoms with Gasteiger partial charge in [0.15, 0.2) is 0 Å². The van der Waals surface area contributed by atoms with Crippen LogP contribution in [0.25, 0.3) is 0 Å². The van der Waals surface area contributed by atoms with Crippen LogP contribution in [0.3, 0.4) is 0 Å². The van der Waals surface area contributed by atoms with E-state index in [0.717, 1.165) is 12.8 Å². The molecule has 0 saturated carbocycles. The van der Waals surface area contributed by atoms with Gasteiger partial charge in [0, 0.05) is 18.7 Å². The molecule has 3 nitrogen and oxygen atoms in total. The number of nitrogens with zero attached hydrogens (tertiary/aromatic N) is 1. The zero-order chi connectivity index (χ0) is 17.5. The summed E-state index contributed by atoms with van der Waals surface area (Å²) >= 11 is 0. The fourth-order valence-corrected chi connectivity index (χ4v) is 3.65. The molecule has 136 valence electrons. The Labute approximate surface area is 130 Å². The average molecular weight is 349 g/mol. The van der Waals surface area contributed by atoms with E-state index < -0.39 is 30.6 Å². The van der Waals surface area contributed by atoms with E-state index in [2.05, 4.69) is 4.74 Å². The highest BCUT2D eigenvalue weighted by molar-refractivity contribution is 5.05. The topological polar surface area (TPSA) is 21.7 Å². The van der Waals surface area contributed by atoms with E-state index in [1.807, 2.05) is 4.90 Å². The fourth-order valence-electron chi connectivity index (χ4n) is 3.65. The van der Waals surface area contributed by atoms with Gasteiger partial charge in [-0.15, -0.1) is 0 Å². The van der Waals surface area contributed by atoms with Crippen molar-refractivity contribution in [3.63, 3.8) is 0 Å². The van der Waals surface area contributed by atoms with Gasteiger partial charge in [0.25, 0.3) is 5.60 Å². The molecule has 0 unspecified atom stereocenters. The first-order chi connectivity index (χ1) is 10.5. The van der Waals surface area contributed by atoms with Crippen molar-refractivity contribution in [1.82, 2.24) is 4.90 Å². The van der Waals surface area contributed by atoms with Crippen molar-refractivity contribution in [3.8, 4) is 0 Å². The summed E-state index contributed by atoms with van der Waals surface area (Å²) in [5.74, 6) is 0. The largest absolute Gasteiger partial charge is 0.426 e. The summed E-state index contributed by atoms with van der Waals surface area (Å²) in [5, 5.41) is 0. The lowest BCUT2D eigenvalue weighted by Crippen LogP contribution is -2.58. The molecule has 0 aromatic carbocycles. The number of ether oxygens (including phenoxy) is 2. The highest BCUT2D eigenvalue weighted by Crippen LogP contribution is 2.47. The van der Waals surface area contributed by atoms with Gasteiger partial charge >= 0.3 is 12.4 Å². The summed E-state index contributed by atoms with van der Waals surface area (Å²) < 4.78 is 86.8. The molecule has 0 aromatic rings. The van der Waals surface area contributed by atoms with Gasteiger partial charge in [-0.05, 0) is 39.2 Å². The Kier molecular flexibility index (Phi) is 4.96. The third-order valence-corrected chi connectivity index (χ3v) is 5.09. The van der Waals surface area contributed by atoms with Crippen LogP contribution in [0, 0.1) is 0 Å². The van der Waals surface area contributed by atoms with Gasteiger partial charge in [0.05, 0.1) is 13.2 Å². The van der Waals surface area contributed by atoms with Gasteiger partial charge in [-0.25, -0.2) is 0 Å². The van der Waals surface area contributed by atoms with Crippen molar-refractivity contribution in [2.24, 2.45) is 0 Å². The van der Waals surface area contributed by atoms with E-state index in [9.17, 15) is 26.3 Å². The number of hydrogen-bond donors (Lipinski definition) is 0. The molecule has 2 aliphatic heterocycles. The second-order valence-electron chi connectivity index (χ2n) is 6.49. The summed E-state index contributed by atoms with van der Waals surface area (Å²) in [6.45, 7) is 0.529.